The zero-order chi connectivity index (χ0) is 22.3. The number of sulfonamides is 1. The number of phenols is 1. The third-order valence-corrected chi connectivity index (χ3v) is 7.21. The summed E-state index contributed by atoms with van der Waals surface area (Å²) in [6, 6.07) is 7.28. The van der Waals surface area contributed by atoms with E-state index < -0.39 is 16.0 Å². The molecule has 2 aromatic carbocycles. The molecule has 0 unspecified atom stereocenters. The van der Waals surface area contributed by atoms with Crippen LogP contribution in [0.2, 0.25) is 0 Å². The summed E-state index contributed by atoms with van der Waals surface area (Å²) < 4.78 is 34.3. The lowest BCUT2D eigenvalue weighted by Crippen LogP contribution is -2.32. The van der Waals surface area contributed by atoms with Gasteiger partial charge in [-0.1, -0.05) is 12.8 Å². The van der Waals surface area contributed by atoms with E-state index in [4.69, 9.17) is 4.74 Å². The summed E-state index contributed by atoms with van der Waals surface area (Å²) in [7, 11) is -3.90. The van der Waals surface area contributed by atoms with E-state index in [0.717, 1.165) is 36.8 Å². The third-order valence-electron chi connectivity index (χ3n) is 5.66. The molecule has 1 fully saturated rings. The molecule has 0 amide bonds. The number of phenolic OH excluding ortho intramolecular Hbond substituents is 1. The van der Waals surface area contributed by atoms with Gasteiger partial charge in [0.1, 0.15) is 27.8 Å². The molecular formula is C22H24N2O6S. The fourth-order valence-electron chi connectivity index (χ4n) is 4.08. The number of aromatic hydroxyl groups is 1. The van der Waals surface area contributed by atoms with E-state index in [2.05, 4.69) is 9.71 Å². The lowest BCUT2D eigenvalue weighted by Gasteiger charge is -2.16. The van der Waals surface area contributed by atoms with Crippen molar-refractivity contribution in [3.8, 4) is 17.2 Å². The van der Waals surface area contributed by atoms with Crippen molar-refractivity contribution in [3.05, 3.63) is 47.2 Å². The number of carbonyl (C=O) groups is 1. The van der Waals surface area contributed by atoms with Gasteiger partial charge in [0.05, 0.1) is 0 Å². The van der Waals surface area contributed by atoms with E-state index in [0.29, 0.717) is 16.7 Å². The van der Waals surface area contributed by atoms with Gasteiger partial charge in [0, 0.05) is 28.6 Å². The van der Waals surface area contributed by atoms with Crippen LogP contribution in [0.25, 0.3) is 10.9 Å². The summed E-state index contributed by atoms with van der Waals surface area (Å²) >= 11 is 0. The van der Waals surface area contributed by atoms with Crippen molar-refractivity contribution in [2.75, 3.05) is 0 Å². The standard InChI is InChI=1S/C22H24N2O6S/c1-12-9-17-16(11-18(23-17)22(26)27)13(2)21(12)30-15-7-8-19(25)20(10-15)31(28,29)24-14-5-3-4-6-14/h7-11,14,23-25H,3-6H2,1-2H3,(H,26,27). The Balaban J connectivity index is 1.69. The van der Waals surface area contributed by atoms with Crippen LogP contribution in [0.5, 0.6) is 17.2 Å². The summed E-state index contributed by atoms with van der Waals surface area (Å²) in [5.41, 5.74) is 2.23. The Morgan fingerprint density at radius 2 is 1.87 bits per heavy atom. The van der Waals surface area contributed by atoms with E-state index in [1.54, 1.807) is 6.07 Å². The van der Waals surface area contributed by atoms with E-state index in [1.807, 2.05) is 13.8 Å². The molecule has 0 aliphatic heterocycles. The Labute approximate surface area is 179 Å². The van der Waals surface area contributed by atoms with Crippen molar-refractivity contribution in [2.45, 2.75) is 50.5 Å². The highest BCUT2D eigenvalue weighted by atomic mass is 32.2. The molecule has 1 aromatic heterocycles. The number of hydrogen-bond donors (Lipinski definition) is 4. The van der Waals surface area contributed by atoms with Crippen LogP contribution < -0.4 is 9.46 Å². The minimum absolute atomic E-state index is 0.0747. The van der Waals surface area contributed by atoms with Crippen molar-refractivity contribution < 1.29 is 28.2 Å². The highest BCUT2D eigenvalue weighted by Crippen LogP contribution is 2.37. The molecule has 0 spiro atoms. The first-order chi connectivity index (χ1) is 14.7. The Morgan fingerprint density at radius 3 is 2.55 bits per heavy atom. The number of H-pyrrole nitrogens is 1. The SMILES string of the molecule is Cc1cc2[nH]c(C(=O)O)cc2c(C)c1Oc1ccc(O)c(S(=O)(=O)NC2CCCC2)c1. The third kappa shape index (κ3) is 4.11. The zero-order valence-electron chi connectivity index (χ0n) is 17.2. The van der Waals surface area contributed by atoms with Crippen LogP contribution in [0.1, 0.15) is 47.3 Å². The average molecular weight is 445 g/mol. The molecule has 4 rings (SSSR count). The molecule has 9 heteroatoms. The van der Waals surface area contributed by atoms with E-state index in [-0.39, 0.29) is 28.1 Å². The van der Waals surface area contributed by atoms with Crippen molar-refractivity contribution in [1.29, 1.82) is 0 Å². The van der Waals surface area contributed by atoms with Gasteiger partial charge in [-0.05, 0) is 56.5 Å². The van der Waals surface area contributed by atoms with Gasteiger partial charge < -0.3 is 19.9 Å². The maximum atomic E-state index is 12.8. The van der Waals surface area contributed by atoms with Crippen LogP contribution in [-0.4, -0.2) is 35.6 Å². The highest BCUT2D eigenvalue weighted by molar-refractivity contribution is 7.89. The molecule has 31 heavy (non-hydrogen) atoms. The number of hydrogen-bond acceptors (Lipinski definition) is 5. The second kappa shape index (κ2) is 7.90. The number of carboxylic acid groups (broad SMARTS) is 1. The average Bonchev–Trinajstić information content (AvgIpc) is 3.35. The van der Waals surface area contributed by atoms with Crippen molar-refractivity contribution in [1.82, 2.24) is 9.71 Å². The lowest BCUT2D eigenvalue weighted by molar-refractivity contribution is 0.0691. The number of aromatic nitrogens is 1. The van der Waals surface area contributed by atoms with Crippen LogP contribution in [0.15, 0.2) is 35.2 Å². The monoisotopic (exact) mass is 444 g/mol. The molecular weight excluding hydrogens is 420 g/mol. The Morgan fingerprint density at radius 1 is 1.16 bits per heavy atom. The number of aryl methyl sites for hydroxylation is 2. The number of fused-ring (bicyclic) bond motifs is 1. The number of aromatic carboxylic acids is 1. The van der Waals surface area contributed by atoms with Gasteiger partial charge in [-0.3, -0.25) is 0 Å². The zero-order valence-corrected chi connectivity index (χ0v) is 18.0. The minimum atomic E-state index is -3.90. The molecule has 1 saturated carbocycles. The second-order valence-electron chi connectivity index (χ2n) is 7.93. The topological polar surface area (TPSA) is 129 Å². The number of aromatic amines is 1. The van der Waals surface area contributed by atoms with E-state index in [1.165, 1.54) is 24.3 Å². The number of rotatable bonds is 6. The summed E-state index contributed by atoms with van der Waals surface area (Å²) in [4.78, 5) is 13.9. The van der Waals surface area contributed by atoms with Crippen LogP contribution in [0, 0.1) is 13.8 Å². The molecule has 0 radical (unpaired) electrons. The molecule has 1 aliphatic carbocycles. The predicted molar refractivity (Wildman–Crippen MR) is 115 cm³/mol. The van der Waals surface area contributed by atoms with Gasteiger partial charge in [-0.15, -0.1) is 0 Å². The second-order valence-corrected chi connectivity index (χ2v) is 9.61. The molecule has 4 N–H and O–H groups in total. The minimum Gasteiger partial charge on any atom is -0.507 e. The Bertz CT molecular complexity index is 1270. The normalized spacial score (nSPS) is 14.9. The van der Waals surface area contributed by atoms with Crippen molar-refractivity contribution in [2.24, 2.45) is 0 Å². The first kappa shape index (κ1) is 21.2. The summed E-state index contributed by atoms with van der Waals surface area (Å²) in [6.45, 7) is 3.63. The first-order valence-corrected chi connectivity index (χ1v) is 11.5. The number of ether oxygens (including phenoxy) is 1. The molecule has 0 atom stereocenters. The first-order valence-electron chi connectivity index (χ1n) is 10.0. The van der Waals surface area contributed by atoms with Crippen molar-refractivity contribution >= 4 is 26.9 Å². The summed E-state index contributed by atoms with van der Waals surface area (Å²) in [6.07, 6.45) is 3.52. The van der Waals surface area contributed by atoms with Gasteiger partial charge in [0.15, 0.2) is 0 Å². The van der Waals surface area contributed by atoms with Crippen LogP contribution in [-0.2, 0) is 10.0 Å². The lowest BCUT2D eigenvalue weighted by atomic mass is 10.1. The number of nitrogens with one attached hydrogen (secondary N) is 2. The van der Waals surface area contributed by atoms with Gasteiger partial charge in [-0.2, -0.15) is 0 Å². The Hall–Kier alpha value is -3.04. The molecule has 0 bridgehead atoms. The van der Waals surface area contributed by atoms with Gasteiger partial charge in [0.2, 0.25) is 10.0 Å². The molecule has 3 aromatic rings. The van der Waals surface area contributed by atoms with E-state index in [9.17, 15) is 23.4 Å². The van der Waals surface area contributed by atoms with Crippen molar-refractivity contribution in [3.63, 3.8) is 0 Å². The maximum absolute atomic E-state index is 12.8. The van der Waals surface area contributed by atoms with Gasteiger partial charge >= 0.3 is 5.97 Å². The van der Waals surface area contributed by atoms with Gasteiger partial charge in [-0.25, -0.2) is 17.9 Å². The van der Waals surface area contributed by atoms with Crippen LogP contribution in [0.4, 0.5) is 0 Å². The van der Waals surface area contributed by atoms with E-state index >= 15 is 0 Å². The highest BCUT2D eigenvalue weighted by Gasteiger charge is 2.26. The largest absolute Gasteiger partial charge is 0.507 e. The fraction of sp³-hybridized carbons (Fsp3) is 0.318. The molecule has 1 aliphatic rings. The predicted octanol–water partition coefficient (Wildman–Crippen LogP) is 4.20. The van der Waals surface area contributed by atoms with Crippen LogP contribution >= 0.6 is 0 Å². The van der Waals surface area contributed by atoms with Gasteiger partial charge in [0.25, 0.3) is 0 Å². The maximum Gasteiger partial charge on any atom is 0.352 e. The molecule has 164 valence electrons. The quantitative estimate of drug-likeness (QED) is 0.451. The molecule has 0 saturated heterocycles. The number of benzene rings is 2. The summed E-state index contributed by atoms with van der Waals surface area (Å²) in [5.74, 6) is -0.650. The fourth-order valence-corrected chi connectivity index (χ4v) is 5.50. The molecule has 1 heterocycles. The van der Waals surface area contributed by atoms with Crippen LogP contribution in [0.3, 0.4) is 0 Å². The smallest absolute Gasteiger partial charge is 0.352 e. The summed E-state index contributed by atoms with van der Waals surface area (Å²) in [5, 5.41) is 20.1. The number of carboxylic acids is 1. The molecule has 8 nitrogen and oxygen atoms in total. The Kier molecular flexibility index (Phi) is 5.40.